The summed E-state index contributed by atoms with van der Waals surface area (Å²) in [6, 6.07) is 15.8. The maximum atomic E-state index is 12.9. The Bertz CT molecular complexity index is 699. The highest BCUT2D eigenvalue weighted by molar-refractivity contribution is 5.82. The number of hydrogen-bond acceptors (Lipinski definition) is 3. The molecule has 4 nitrogen and oxygen atoms in total. The Balaban J connectivity index is 1.78. The van der Waals surface area contributed by atoms with Crippen molar-refractivity contribution >= 4 is 5.91 Å². The minimum atomic E-state index is -0.553. The summed E-state index contributed by atoms with van der Waals surface area (Å²) in [7, 11) is 1.58. The Kier molecular flexibility index (Phi) is 5.16. The molecule has 126 valence electrons. The van der Waals surface area contributed by atoms with Gasteiger partial charge in [0.2, 0.25) is 0 Å². The summed E-state index contributed by atoms with van der Waals surface area (Å²) in [6.07, 6.45) is 0.307. The van der Waals surface area contributed by atoms with Crippen LogP contribution in [0.25, 0.3) is 0 Å². The van der Waals surface area contributed by atoms with Crippen LogP contribution in [0.3, 0.4) is 0 Å². The number of hydrogen-bond donors (Lipinski definition) is 0. The van der Waals surface area contributed by atoms with Crippen LogP contribution in [0.15, 0.2) is 48.5 Å². The third-order valence-electron chi connectivity index (χ3n) is 4.37. The SMILES string of the molecule is CCOc1ccc2c(c1)CN(C(=O)[C@@H](OC)c1ccccc1)CC2. The van der Waals surface area contributed by atoms with Crippen LogP contribution in [0, 0.1) is 0 Å². The largest absolute Gasteiger partial charge is 0.494 e. The smallest absolute Gasteiger partial charge is 0.256 e. The van der Waals surface area contributed by atoms with Crippen LogP contribution < -0.4 is 4.74 Å². The molecule has 1 aliphatic heterocycles. The van der Waals surface area contributed by atoms with Gasteiger partial charge in [-0.2, -0.15) is 0 Å². The van der Waals surface area contributed by atoms with Gasteiger partial charge in [-0.25, -0.2) is 0 Å². The molecular weight excluding hydrogens is 302 g/mol. The summed E-state index contributed by atoms with van der Waals surface area (Å²) in [4.78, 5) is 14.8. The maximum absolute atomic E-state index is 12.9. The van der Waals surface area contributed by atoms with E-state index in [0.717, 1.165) is 23.3 Å². The molecule has 0 bridgehead atoms. The highest BCUT2D eigenvalue weighted by atomic mass is 16.5. The van der Waals surface area contributed by atoms with E-state index in [1.165, 1.54) is 5.56 Å². The molecule has 1 amide bonds. The molecule has 0 saturated heterocycles. The standard InChI is InChI=1S/C20H23NO3/c1-3-24-18-10-9-15-11-12-21(14-17(15)13-18)20(22)19(23-2)16-7-5-4-6-8-16/h4-10,13,19H,3,11-12,14H2,1-2H3/t19-/m0/s1. The lowest BCUT2D eigenvalue weighted by atomic mass is 9.98. The number of benzene rings is 2. The van der Waals surface area contributed by atoms with Gasteiger partial charge in [0.15, 0.2) is 6.10 Å². The Morgan fingerprint density at radius 3 is 2.67 bits per heavy atom. The first-order chi connectivity index (χ1) is 11.7. The average molecular weight is 325 g/mol. The fourth-order valence-corrected chi connectivity index (χ4v) is 3.15. The van der Waals surface area contributed by atoms with Crippen molar-refractivity contribution in [3.8, 4) is 5.75 Å². The van der Waals surface area contributed by atoms with Crippen LogP contribution >= 0.6 is 0 Å². The van der Waals surface area contributed by atoms with E-state index in [4.69, 9.17) is 9.47 Å². The van der Waals surface area contributed by atoms with Crippen LogP contribution in [0.2, 0.25) is 0 Å². The zero-order valence-electron chi connectivity index (χ0n) is 14.2. The fraction of sp³-hybridized carbons (Fsp3) is 0.350. The van der Waals surface area contributed by atoms with Gasteiger partial charge in [0, 0.05) is 20.2 Å². The lowest BCUT2D eigenvalue weighted by molar-refractivity contribution is -0.143. The monoisotopic (exact) mass is 325 g/mol. The minimum absolute atomic E-state index is 0.0103. The van der Waals surface area contributed by atoms with Crippen molar-refractivity contribution < 1.29 is 14.3 Å². The summed E-state index contributed by atoms with van der Waals surface area (Å²) in [5.41, 5.74) is 3.33. The molecule has 0 aromatic heterocycles. The molecule has 2 aromatic rings. The number of carbonyl (C=O) groups is 1. The Morgan fingerprint density at radius 2 is 1.96 bits per heavy atom. The molecule has 0 unspecified atom stereocenters. The van der Waals surface area contributed by atoms with Crippen LogP contribution in [0.1, 0.15) is 29.7 Å². The van der Waals surface area contributed by atoms with Gasteiger partial charge < -0.3 is 14.4 Å². The molecule has 24 heavy (non-hydrogen) atoms. The highest BCUT2D eigenvalue weighted by Crippen LogP contribution is 2.27. The van der Waals surface area contributed by atoms with Gasteiger partial charge in [-0.1, -0.05) is 36.4 Å². The van der Waals surface area contributed by atoms with Crippen LogP contribution in [-0.2, 0) is 22.5 Å². The first-order valence-electron chi connectivity index (χ1n) is 8.34. The molecule has 4 heteroatoms. The zero-order chi connectivity index (χ0) is 16.9. The molecular formula is C20H23NO3. The van der Waals surface area contributed by atoms with E-state index in [-0.39, 0.29) is 5.91 Å². The summed E-state index contributed by atoms with van der Waals surface area (Å²) >= 11 is 0. The van der Waals surface area contributed by atoms with Gasteiger partial charge in [0.25, 0.3) is 5.91 Å². The van der Waals surface area contributed by atoms with Crippen LogP contribution in [0.5, 0.6) is 5.75 Å². The summed E-state index contributed by atoms with van der Waals surface area (Å²) in [5.74, 6) is 0.869. The van der Waals surface area contributed by atoms with Gasteiger partial charge in [-0.15, -0.1) is 0 Å². The third kappa shape index (κ3) is 3.44. The maximum Gasteiger partial charge on any atom is 0.256 e. The van der Waals surface area contributed by atoms with E-state index in [2.05, 4.69) is 6.07 Å². The Morgan fingerprint density at radius 1 is 1.17 bits per heavy atom. The molecule has 0 radical (unpaired) electrons. The Labute approximate surface area is 143 Å². The van der Waals surface area contributed by atoms with E-state index in [1.807, 2.05) is 54.3 Å². The van der Waals surface area contributed by atoms with Crippen molar-refractivity contribution in [2.24, 2.45) is 0 Å². The van der Waals surface area contributed by atoms with E-state index in [1.54, 1.807) is 7.11 Å². The summed E-state index contributed by atoms with van der Waals surface area (Å²) < 4.78 is 11.1. The van der Waals surface area contributed by atoms with Crippen molar-refractivity contribution in [3.63, 3.8) is 0 Å². The van der Waals surface area contributed by atoms with Gasteiger partial charge in [-0.3, -0.25) is 4.79 Å². The van der Waals surface area contributed by atoms with Gasteiger partial charge in [0.05, 0.1) is 6.61 Å². The predicted octanol–water partition coefficient (Wildman–Crippen LogP) is 3.36. The van der Waals surface area contributed by atoms with Gasteiger partial charge in [-0.05, 0) is 42.2 Å². The number of nitrogens with zero attached hydrogens (tertiary/aromatic N) is 1. The molecule has 0 aliphatic carbocycles. The average Bonchev–Trinajstić information content (AvgIpc) is 2.63. The molecule has 1 aliphatic rings. The molecule has 0 saturated carbocycles. The number of ether oxygens (including phenoxy) is 2. The summed E-state index contributed by atoms with van der Waals surface area (Å²) in [5, 5.41) is 0. The van der Waals surface area contributed by atoms with Crippen LogP contribution in [-0.4, -0.2) is 31.1 Å². The molecule has 0 fully saturated rings. The minimum Gasteiger partial charge on any atom is -0.494 e. The molecule has 3 rings (SSSR count). The van der Waals surface area contributed by atoms with Crippen LogP contribution in [0.4, 0.5) is 0 Å². The first-order valence-corrected chi connectivity index (χ1v) is 8.34. The topological polar surface area (TPSA) is 38.8 Å². The molecule has 1 heterocycles. The summed E-state index contributed by atoms with van der Waals surface area (Å²) in [6.45, 7) is 3.92. The number of fused-ring (bicyclic) bond motifs is 1. The van der Waals surface area contributed by atoms with Gasteiger partial charge in [0.1, 0.15) is 5.75 Å². The lowest BCUT2D eigenvalue weighted by Crippen LogP contribution is -2.39. The van der Waals surface area contributed by atoms with Crippen molar-refractivity contribution in [2.45, 2.75) is 26.0 Å². The zero-order valence-corrected chi connectivity index (χ0v) is 14.2. The highest BCUT2D eigenvalue weighted by Gasteiger charge is 2.28. The lowest BCUT2D eigenvalue weighted by Gasteiger charge is -2.31. The normalized spacial score (nSPS) is 14.8. The van der Waals surface area contributed by atoms with Crippen molar-refractivity contribution in [1.82, 2.24) is 4.90 Å². The van der Waals surface area contributed by atoms with E-state index < -0.39 is 6.10 Å². The predicted molar refractivity (Wildman–Crippen MR) is 92.9 cm³/mol. The first kappa shape index (κ1) is 16.5. The third-order valence-corrected chi connectivity index (χ3v) is 4.37. The van der Waals surface area contributed by atoms with Crippen molar-refractivity contribution in [3.05, 3.63) is 65.2 Å². The number of rotatable bonds is 5. The second-order valence-electron chi connectivity index (χ2n) is 5.90. The molecule has 2 aromatic carbocycles. The number of amides is 1. The quantitative estimate of drug-likeness (QED) is 0.846. The van der Waals surface area contributed by atoms with E-state index in [9.17, 15) is 4.79 Å². The number of methoxy groups -OCH3 is 1. The fourth-order valence-electron chi connectivity index (χ4n) is 3.15. The number of carbonyl (C=O) groups excluding carboxylic acids is 1. The van der Waals surface area contributed by atoms with E-state index >= 15 is 0 Å². The molecule has 0 N–H and O–H groups in total. The second-order valence-corrected chi connectivity index (χ2v) is 5.90. The van der Waals surface area contributed by atoms with E-state index in [0.29, 0.717) is 19.7 Å². The second kappa shape index (κ2) is 7.49. The molecule has 0 spiro atoms. The Hall–Kier alpha value is -2.33. The molecule has 1 atom stereocenters. The van der Waals surface area contributed by atoms with Crippen molar-refractivity contribution in [1.29, 1.82) is 0 Å². The van der Waals surface area contributed by atoms with Crippen molar-refractivity contribution in [2.75, 3.05) is 20.3 Å². The van der Waals surface area contributed by atoms with Gasteiger partial charge >= 0.3 is 0 Å².